The van der Waals surface area contributed by atoms with E-state index >= 15 is 0 Å². The normalized spacial score (nSPS) is 14.3. The molecule has 1 heterocycles. The molecule has 0 saturated carbocycles. The van der Waals surface area contributed by atoms with Gasteiger partial charge in [0.25, 0.3) is 0 Å². The zero-order valence-electron chi connectivity index (χ0n) is 36.4. The minimum atomic E-state index is -3.22. The molecule has 1 saturated heterocycles. The van der Waals surface area contributed by atoms with Crippen molar-refractivity contribution >= 4 is 16.4 Å². The second-order valence-electron chi connectivity index (χ2n) is 12.6. The molecule has 2 atom stereocenters. The van der Waals surface area contributed by atoms with Gasteiger partial charge in [0.05, 0.1) is 57.5 Å². The van der Waals surface area contributed by atoms with Gasteiger partial charge in [0.1, 0.15) is 12.2 Å². The molecule has 3 rings (SSSR count). The third-order valence-electron chi connectivity index (χ3n) is 5.20. The molecule has 55 heavy (non-hydrogen) atoms. The molecule has 2 aromatic rings. The Morgan fingerprint density at radius 1 is 0.691 bits per heavy atom. The van der Waals surface area contributed by atoms with Crippen molar-refractivity contribution in [3.8, 4) is 0 Å². The summed E-state index contributed by atoms with van der Waals surface area (Å²) in [6.07, 6.45) is 2.03. The van der Waals surface area contributed by atoms with Crippen LogP contribution in [0.1, 0.15) is 121 Å². The van der Waals surface area contributed by atoms with Crippen molar-refractivity contribution in [1.82, 2.24) is 0 Å². The lowest BCUT2D eigenvalue weighted by Gasteiger charge is -2.14. The second kappa shape index (κ2) is 39.4. The lowest BCUT2D eigenvalue weighted by molar-refractivity contribution is -0.306. The summed E-state index contributed by atoms with van der Waals surface area (Å²) in [7, 11) is -4.28. The summed E-state index contributed by atoms with van der Waals surface area (Å²) in [5, 5.41) is 33.7. The number of aliphatic hydroxyl groups is 3. The molecule has 4 N–H and O–H groups in total. The first-order chi connectivity index (χ1) is 25.9. The molecule has 0 spiro atoms. The van der Waals surface area contributed by atoms with Crippen molar-refractivity contribution in [2.75, 3.05) is 52.9 Å². The van der Waals surface area contributed by atoms with E-state index in [-0.39, 0.29) is 25.4 Å². The number of hydrogen-bond donors (Lipinski definition) is 4. The minimum absolute atomic E-state index is 0.0393. The van der Waals surface area contributed by atoms with Gasteiger partial charge >= 0.3 is 16.4 Å². The van der Waals surface area contributed by atoms with E-state index in [0.29, 0.717) is 39.6 Å². The fourth-order valence-corrected chi connectivity index (χ4v) is 5.19. The molecule has 1 unspecified atom stereocenters. The molecule has 0 aliphatic carbocycles. The molecule has 0 aromatic heterocycles. The predicted octanol–water partition coefficient (Wildman–Crippen LogP) is 10.3. The molecule has 13 nitrogen and oxygen atoms in total. The van der Waals surface area contributed by atoms with Gasteiger partial charge in [0, 0.05) is 6.61 Å². The third-order valence-corrected chi connectivity index (χ3v) is 8.33. The fraction of sp³-hybridized carbons (Fsp3) is 0.700. The zero-order valence-corrected chi connectivity index (χ0v) is 38.1. The molecule has 2 aromatic carbocycles. The van der Waals surface area contributed by atoms with Crippen LogP contribution < -0.4 is 0 Å². The lowest BCUT2D eigenvalue weighted by Crippen LogP contribution is -2.15. The Morgan fingerprint density at radius 2 is 1.05 bits per heavy atom. The van der Waals surface area contributed by atoms with Gasteiger partial charge in [-0.15, -0.1) is 0 Å². The molecule has 1 fully saturated rings. The average Bonchev–Trinajstić information content (AvgIpc) is 3.94. The number of aliphatic hydroxyl groups excluding tert-OH is 2. The van der Waals surface area contributed by atoms with Crippen LogP contribution in [0.25, 0.3) is 0 Å². The lowest BCUT2D eigenvalue weighted by atomic mass is 10.1. The molecular weight excluding hydrogens is 750 g/mol. The van der Waals surface area contributed by atoms with E-state index in [2.05, 4.69) is 17.0 Å². The zero-order chi connectivity index (χ0) is 43.2. The van der Waals surface area contributed by atoms with Gasteiger partial charge in [0.15, 0.2) is 0 Å². The maximum absolute atomic E-state index is 11.3. The van der Waals surface area contributed by atoms with Crippen LogP contribution in [-0.2, 0) is 47.8 Å². The number of phosphoric acid groups is 1. The standard InChI is InChI=1S/C9H10O2.C9H12O.C6H15O4P.C6H15O3P.C4H10O2.C4H10O.C2H6/c10-6-8-9(11-8)7-4-2-1-3-5-7;10-8-4-7-9-5-2-1-3-6-9;1-4-8-11(7,9-5-2)10-6-3;1-4-7-10(8-5-2)9-6-3;1-4(2,3)6-5;1-4(2,3)5;1-2/h1-5,8-10H,6H2;1-3,5-6,10H,4,7-8H2;4-6H2,1-3H3;4-6H2,1-3H3;5H,1-3H3;5H,1-3H3;1-2H3/t8?,9-;;;;;;/m1....../s1. The number of benzene rings is 2. The minimum Gasteiger partial charge on any atom is -0.396 e. The number of rotatable bonds is 17. The summed E-state index contributed by atoms with van der Waals surface area (Å²) in [4.78, 5) is 3.94. The van der Waals surface area contributed by atoms with Crippen molar-refractivity contribution in [3.05, 3.63) is 71.8 Å². The highest BCUT2D eigenvalue weighted by Crippen LogP contribution is 2.48. The van der Waals surface area contributed by atoms with Crippen LogP contribution in [0, 0.1) is 0 Å². The Bertz CT molecular complexity index is 1040. The van der Waals surface area contributed by atoms with Gasteiger partial charge < -0.3 is 33.6 Å². The smallest absolute Gasteiger partial charge is 0.396 e. The van der Waals surface area contributed by atoms with Crippen molar-refractivity contribution in [2.24, 2.45) is 0 Å². The van der Waals surface area contributed by atoms with Gasteiger partial charge in [-0.25, -0.2) is 9.45 Å². The summed E-state index contributed by atoms with van der Waals surface area (Å²) in [6, 6.07) is 20.2. The highest BCUT2D eigenvalue weighted by molar-refractivity contribution is 7.48. The van der Waals surface area contributed by atoms with E-state index in [1.807, 2.05) is 83.1 Å². The molecule has 0 bridgehead atoms. The van der Waals surface area contributed by atoms with E-state index in [1.54, 1.807) is 62.3 Å². The first-order valence-electron chi connectivity index (χ1n) is 19.2. The van der Waals surface area contributed by atoms with E-state index in [0.717, 1.165) is 18.4 Å². The van der Waals surface area contributed by atoms with Crippen LogP contribution in [-0.4, -0.2) is 90.7 Å². The summed E-state index contributed by atoms with van der Waals surface area (Å²) in [6.45, 7) is 28.9. The summed E-state index contributed by atoms with van der Waals surface area (Å²) in [5.74, 6) is 0. The van der Waals surface area contributed by atoms with Gasteiger partial charge in [-0.3, -0.25) is 18.8 Å². The monoisotopic (exact) mass is 828 g/mol. The molecule has 0 radical (unpaired) electrons. The maximum Gasteiger partial charge on any atom is 0.474 e. The highest BCUT2D eigenvalue weighted by atomic mass is 31.2. The van der Waals surface area contributed by atoms with Crippen molar-refractivity contribution < 1.29 is 61.9 Å². The second-order valence-corrected chi connectivity index (χ2v) is 15.4. The Morgan fingerprint density at radius 3 is 1.33 bits per heavy atom. The SMILES string of the molecule is CC.CC(C)(C)O.CC(C)(C)OO.CCOP(=O)(OCC)OCC.CCOP(OCC)OCC.OCC1O[C@@H]1c1ccccc1.OCCCc1ccccc1. The number of ether oxygens (including phenoxy) is 1. The summed E-state index contributed by atoms with van der Waals surface area (Å²) < 4.78 is 46.4. The quantitative estimate of drug-likeness (QED) is 0.0513. The summed E-state index contributed by atoms with van der Waals surface area (Å²) in [5.41, 5.74) is 1.56. The first-order valence-corrected chi connectivity index (χ1v) is 21.7. The highest BCUT2D eigenvalue weighted by Gasteiger charge is 2.39. The van der Waals surface area contributed by atoms with Crippen LogP contribution in [0.4, 0.5) is 0 Å². The number of epoxide rings is 1. The van der Waals surface area contributed by atoms with Crippen LogP contribution in [0.3, 0.4) is 0 Å². The Balaban J connectivity index is -0.000000286. The van der Waals surface area contributed by atoms with Gasteiger partial charge in [-0.1, -0.05) is 74.5 Å². The maximum atomic E-state index is 11.3. The van der Waals surface area contributed by atoms with Gasteiger partial charge in [-0.2, -0.15) is 0 Å². The topological polar surface area (TPSA) is 175 Å². The van der Waals surface area contributed by atoms with Crippen molar-refractivity contribution in [1.29, 1.82) is 0 Å². The molecule has 326 valence electrons. The van der Waals surface area contributed by atoms with E-state index in [9.17, 15) is 4.57 Å². The number of hydrogen-bond acceptors (Lipinski definition) is 13. The van der Waals surface area contributed by atoms with E-state index < -0.39 is 27.6 Å². The molecule has 1 aliphatic rings. The molecular formula is C40H78O13P2. The average molecular weight is 829 g/mol. The third kappa shape index (κ3) is 45.2. The van der Waals surface area contributed by atoms with Gasteiger partial charge in [0.2, 0.25) is 0 Å². The van der Waals surface area contributed by atoms with Gasteiger partial charge in [-0.05, 0) is 107 Å². The van der Waals surface area contributed by atoms with E-state index in [1.165, 1.54) is 5.56 Å². The van der Waals surface area contributed by atoms with Crippen molar-refractivity contribution in [2.45, 2.75) is 133 Å². The number of phosphoric ester groups is 1. The first kappa shape index (κ1) is 60.3. The predicted molar refractivity (Wildman–Crippen MR) is 224 cm³/mol. The van der Waals surface area contributed by atoms with Crippen molar-refractivity contribution in [3.63, 3.8) is 0 Å². The fourth-order valence-electron chi connectivity index (χ4n) is 3.16. The molecule has 15 heteroatoms. The Labute approximate surface area is 335 Å². The molecule has 0 amide bonds. The molecule has 1 aliphatic heterocycles. The largest absolute Gasteiger partial charge is 0.474 e. The van der Waals surface area contributed by atoms with E-state index in [4.69, 9.17) is 52.5 Å². The van der Waals surface area contributed by atoms with Crippen LogP contribution in [0.15, 0.2) is 60.7 Å². The van der Waals surface area contributed by atoms with Crippen LogP contribution in [0.2, 0.25) is 0 Å². The van der Waals surface area contributed by atoms with Crippen LogP contribution in [0.5, 0.6) is 0 Å². The Kier molecular flexibility index (Phi) is 43.2. The van der Waals surface area contributed by atoms with Crippen LogP contribution >= 0.6 is 16.4 Å². The Hall–Kier alpha value is -1.38. The summed E-state index contributed by atoms with van der Waals surface area (Å²) >= 11 is 0. The number of aryl methyl sites for hydroxylation is 1.